The normalized spacial score (nSPS) is 19.5. The molecule has 7 nitrogen and oxygen atoms in total. The molecule has 2 atom stereocenters. The molecular weight excluding hydrogens is 516 g/mol. The molecule has 0 saturated carbocycles. The maximum atomic E-state index is 13.5. The highest BCUT2D eigenvalue weighted by atomic mass is 16.5. The zero-order valence-electron chi connectivity index (χ0n) is 24.0. The van der Waals surface area contributed by atoms with Gasteiger partial charge in [-0.1, -0.05) is 56.3 Å². The molecule has 2 aliphatic heterocycles. The Balaban J connectivity index is 1.46. The van der Waals surface area contributed by atoms with Gasteiger partial charge in [-0.25, -0.2) is 0 Å². The SMILES string of the molecule is CCN(CC)CCCN1C(=O)C(=O)/C(=C(\O)c2ccc3c(c2)CC(C)O3)C1c1ccc(OCc2ccccc2)cc1. The standard InChI is InChI=1S/C34H38N2O5/c1-4-35(5-2)18-9-19-36-31(25-12-15-28(16-13-25)40-22-24-10-7-6-8-11-24)30(33(38)34(36)39)32(37)26-14-17-29-27(21-26)20-23(3)41-29/h6-8,10-17,21,23,31,37H,4-5,9,18-20,22H2,1-3H3/b32-30-. The number of amides is 1. The fourth-order valence-corrected chi connectivity index (χ4v) is 5.67. The lowest BCUT2D eigenvalue weighted by atomic mass is 9.94. The maximum absolute atomic E-state index is 13.5. The van der Waals surface area contributed by atoms with Crippen molar-refractivity contribution in [3.05, 3.63) is 101 Å². The number of aliphatic hydroxyl groups is 1. The number of hydrogen-bond donors (Lipinski definition) is 1. The number of aliphatic hydroxyl groups excluding tert-OH is 1. The van der Waals surface area contributed by atoms with Crippen LogP contribution >= 0.6 is 0 Å². The average molecular weight is 555 g/mol. The van der Waals surface area contributed by atoms with Crippen LogP contribution in [-0.4, -0.2) is 58.9 Å². The first-order valence-electron chi connectivity index (χ1n) is 14.5. The second-order valence-electron chi connectivity index (χ2n) is 10.7. The molecule has 1 saturated heterocycles. The van der Waals surface area contributed by atoms with E-state index in [0.29, 0.717) is 24.5 Å². The van der Waals surface area contributed by atoms with Crippen LogP contribution in [0.2, 0.25) is 0 Å². The average Bonchev–Trinajstić information content (AvgIpc) is 3.49. The Hall–Kier alpha value is -4.10. The van der Waals surface area contributed by atoms with Gasteiger partial charge in [-0.2, -0.15) is 0 Å². The van der Waals surface area contributed by atoms with Gasteiger partial charge in [-0.15, -0.1) is 0 Å². The number of ketones is 1. The molecular formula is C34H38N2O5. The second kappa shape index (κ2) is 12.6. The smallest absolute Gasteiger partial charge is 0.295 e. The molecule has 0 bridgehead atoms. The van der Waals surface area contributed by atoms with E-state index in [1.54, 1.807) is 11.0 Å². The number of nitrogens with zero attached hydrogens (tertiary/aromatic N) is 2. The van der Waals surface area contributed by atoms with Crippen LogP contribution in [0, 0.1) is 0 Å². The summed E-state index contributed by atoms with van der Waals surface area (Å²) in [6, 6.07) is 22.1. The Morgan fingerprint density at radius 1 is 1.02 bits per heavy atom. The van der Waals surface area contributed by atoms with Gasteiger partial charge in [0.1, 0.15) is 30.0 Å². The summed E-state index contributed by atoms with van der Waals surface area (Å²) in [4.78, 5) is 30.7. The number of carbonyl (C=O) groups excluding carboxylic acids is 2. The summed E-state index contributed by atoms with van der Waals surface area (Å²) in [6.07, 6.45) is 1.50. The Morgan fingerprint density at radius 2 is 1.76 bits per heavy atom. The number of carbonyl (C=O) groups is 2. The van der Waals surface area contributed by atoms with Gasteiger partial charge >= 0.3 is 0 Å². The van der Waals surface area contributed by atoms with E-state index < -0.39 is 17.7 Å². The summed E-state index contributed by atoms with van der Waals surface area (Å²) < 4.78 is 11.8. The van der Waals surface area contributed by atoms with Crippen molar-refractivity contribution in [1.82, 2.24) is 9.80 Å². The van der Waals surface area contributed by atoms with Crippen LogP contribution in [0.25, 0.3) is 5.76 Å². The molecule has 1 amide bonds. The fraction of sp³-hybridized carbons (Fsp3) is 0.353. The van der Waals surface area contributed by atoms with E-state index in [0.717, 1.165) is 54.9 Å². The van der Waals surface area contributed by atoms with Crippen LogP contribution in [0.15, 0.2) is 78.4 Å². The third kappa shape index (κ3) is 6.15. The summed E-state index contributed by atoms with van der Waals surface area (Å²) in [6.45, 7) is 9.72. The summed E-state index contributed by atoms with van der Waals surface area (Å²) >= 11 is 0. The van der Waals surface area contributed by atoms with Crippen molar-refractivity contribution in [2.75, 3.05) is 26.2 Å². The van der Waals surface area contributed by atoms with E-state index in [-0.39, 0.29) is 17.4 Å². The van der Waals surface area contributed by atoms with E-state index >= 15 is 0 Å². The predicted octanol–water partition coefficient (Wildman–Crippen LogP) is 5.74. The monoisotopic (exact) mass is 554 g/mol. The molecule has 41 heavy (non-hydrogen) atoms. The van der Waals surface area contributed by atoms with Gasteiger partial charge in [-0.05, 0) is 80.0 Å². The van der Waals surface area contributed by atoms with Crippen LogP contribution in [0.3, 0.4) is 0 Å². The van der Waals surface area contributed by atoms with E-state index in [1.807, 2.05) is 73.7 Å². The highest BCUT2D eigenvalue weighted by molar-refractivity contribution is 6.46. The van der Waals surface area contributed by atoms with Gasteiger partial charge in [0.25, 0.3) is 11.7 Å². The lowest BCUT2D eigenvalue weighted by Gasteiger charge is -2.27. The summed E-state index contributed by atoms with van der Waals surface area (Å²) in [5, 5.41) is 11.5. The molecule has 0 aliphatic carbocycles. The van der Waals surface area contributed by atoms with Crippen molar-refractivity contribution in [1.29, 1.82) is 0 Å². The number of fused-ring (bicyclic) bond motifs is 1. The quantitative estimate of drug-likeness (QED) is 0.185. The number of benzene rings is 3. The van der Waals surface area contributed by atoms with Crippen molar-refractivity contribution in [2.24, 2.45) is 0 Å². The highest BCUT2D eigenvalue weighted by Gasteiger charge is 2.46. The summed E-state index contributed by atoms with van der Waals surface area (Å²) in [7, 11) is 0. The summed E-state index contributed by atoms with van der Waals surface area (Å²) in [5.41, 5.74) is 3.41. The van der Waals surface area contributed by atoms with Crippen molar-refractivity contribution in [3.8, 4) is 11.5 Å². The van der Waals surface area contributed by atoms with E-state index in [1.165, 1.54) is 0 Å². The van der Waals surface area contributed by atoms with Gasteiger partial charge in [0.15, 0.2) is 0 Å². The molecule has 1 N–H and O–H groups in total. The largest absolute Gasteiger partial charge is 0.507 e. The van der Waals surface area contributed by atoms with Gasteiger partial charge in [0.05, 0.1) is 11.6 Å². The Labute approximate surface area is 242 Å². The molecule has 0 radical (unpaired) electrons. The van der Waals surface area contributed by atoms with E-state index in [4.69, 9.17) is 9.47 Å². The van der Waals surface area contributed by atoms with Crippen molar-refractivity contribution in [3.63, 3.8) is 0 Å². The lowest BCUT2D eigenvalue weighted by Crippen LogP contribution is -2.33. The maximum Gasteiger partial charge on any atom is 0.295 e. The van der Waals surface area contributed by atoms with Crippen LogP contribution in [0.4, 0.5) is 0 Å². The number of Topliss-reactive ketones (excluding diaryl/α,β-unsaturated/α-hetero) is 1. The number of rotatable bonds is 11. The number of hydrogen-bond acceptors (Lipinski definition) is 6. The van der Waals surface area contributed by atoms with Crippen molar-refractivity contribution in [2.45, 2.75) is 52.4 Å². The third-order valence-electron chi connectivity index (χ3n) is 7.92. The minimum Gasteiger partial charge on any atom is -0.507 e. The molecule has 0 aromatic heterocycles. The molecule has 3 aromatic carbocycles. The Kier molecular flexibility index (Phi) is 8.74. The van der Waals surface area contributed by atoms with Crippen LogP contribution < -0.4 is 9.47 Å². The Bertz CT molecular complexity index is 1410. The summed E-state index contributed by atoms with van der Waals surface area (Å²) in [5.74, 6) is 0.0622. The molecule has 7 heteroatoms. The van der Waals surface area contributed by atoms with E-state index in [9.17, 15) is 14.7 Å². The zero-order chi connectivity index (χ0) is 28.9. The van der Waals surface area contributed by atoms with Crippen LogP contribution in [0.1, 0.15) is 55.5 Å². The zero-order valence-corrected chi connectivity index (χ0v) is 24.0. The van der Waals surface area contributed by atoms with Gasteiger partial charge in [-0.3, -0.25) is 9.59 Å². The van der Waals surface area contributed by atoms with Crippen LogP contribution in [-0.2, 0) is 22.6 Å². The molecule has 3 aromatic rings. The van der Waals surface area contributed by atoms with Gasteiger partial charge in [0, 0.05) is 18.5 Å². The van der Waals surface area contributed by atoms with Gasteiger partial charge in [0.2, 0.25) is 0 Å². The molecule has 2 heterocycles. The molecule has 214 valence electrons. The minimum atomic E-state index is -0.696. The van der Waals surface area contributed by atoms with Gasteiger partial charge < -0.3 is 24.4 Å². The Morgan fingerprint density at radius 3 is 2.46 bits per heavy atom. The van der Waals surface area contributed by atoms with Crippen LogP contribution in [0.5, 0.6) is 11.5 Å². The fourth-order valence-electron chi connectivity index (χ4n) is 5.67. The molecule has 5 rings (SSSR count). The molecule has 0 spiro atoms. The topological polar surface area (TPSA) is 79.3 Å². The van der Waals surface area contributed by atoms with E-state index in [2.05, 4.69) is 18.7 Å². The predicted molar refractivity (Wildman–Crippen MR) is 159 cm³/mol. The van der Waals surface area contributed by atoms with Crippen molar-refractivity contribution >= 4 is 17.4 Å². The third-order valence-corrected chi connectivity index (χ3v) is 7.92. The lowest BCUT2D eigenvalue weighted by molar-refractivity contribution is -0.140. The number of likely N-dealkylation sites (tertiary alicyclic amines) is 1. The second-order valence-corrected chi connectivity index (χ2v) is 10.7. The first-order chi connectivity index (χ1) is 19.9. The molecule has 1 fully saturated rings. The minimum absolute atomic E-state index is 0.0569. The first-order valence-corrected chi connectivity index (χ1v) is 14.5. The number of ether oxygens (including phenoxy) is 2. The highest BCUT2D eigenvalue weighted by Crippen LogP contribution is 2.41. The van der Waals surface area contributed by atoms with Crippen molar-refractivity contribution < 1.29 is 24.2 Å². The molecule has 2 unspecified atom stereocenters. The first kappa shape index (κ1) is 28.4. The molecule has 2 aliphatic rings.